The number of halogens is 2. The summed E-state index contributed by atoms with van der Waals surface area (Å²) >= 11 is 0. The number of nitrogens with zero attached hydrogens (tertiary/aromatic N) is 1. The Kier molecular flexibility index (Phi) is 10.9. The molecule has 1 atom stereocenters. The molecule has 0 amide bonds. The van der Waals surface area contributed by atoms with Crippen molar-refractivity contribution in [2.75, 3.05) is 0 Å². The summed E-state index contributed by atoms with van der Waals surface area (Å²) in [7, 11) is -0.398. The van der Waals surface area contributed by atoms with Crippen molar-refractivity contribution in [2.45, 2.75) is 20.3 Å². The molecule has 2 aromatic carbocycles. The fourth-order valence-corrected chi connectivity index (χ4v) is 3.72. The van der Waals surface area contributed by atoms with Crippen LogP contribution in [-0.4, -0.2) is 4.75 Å². The maximum atomic E-state index is 4.43. The van der Waals surface area contributed by atoms with Crippen LogP contribution in [0.1, 0.15) is 20.3 Å². The van der Waals surface area contributed by atoms with Gasteiger partial charge in [-0.15, -0.1) is 48.4 Å². The molecule has 0 radical (unpaired) electrons. The summed E-state index contributed by atoms with van der Waals surface area (Å²) in [6.45, 7) is 4.22. The second kappa shape index (κ2) is 11.2. The van der Waals surface area contributed by atoms with Crippen LogP contribution in [0.2, 0.25) is 0 Å². The molecule has 1 nitrogen and oxygen atoms in total. The molecule has 0 bridgehead atoms. The average Bonchev–Trinajstić information content (AvgIpc) is 3.21. The summed E-state index contributed by atoms with van der Waals surface area (Å²) in [6, 6.07) is 15.0. The van der Waals surface area contributed by atoms with Gasteiger partial charge in [0.25, 0.3) is 0 Å². The van der Waals surface area contributed by atoms with Crippen LogP contribution in [0.25, 0.3) is 16.1 Å². The molecule has 4 rings (SSSR count). The molecule has 0 fully saturated rings. The molecule has 3 aromatic rings. The van der Waals surface area contributed by atoms with E-state index in [9.17, 15) is 0 Å². The van der Waals surface area contributed by atoms with Crippen molar-refractivity contribution in [3.8, 4) is 5.30 Å². The average molecular weight is 541 g/mol. The van der Waals surface area contributed by atoms with E-state index in [1.807, 2.05) is 12.3 Å². The molecule has 1 aromatic heterocycles. The zero-order chi connectivity index (χ0) is 14.7. The van der Waals surface area contributed by atoms with Gasteiger partial charge < -0.3 is 24.8 Å². The third-order valence-electron chi connectivity index (χ3n) is 3.74. The van der Waals surface area contributed by atoms with Gasteiger partial charge in [-0.1, -0.05) is 18.3 Å². The third kappa shape index (κ3) is 5.77. The van der Waals surface area contributed by atoms with Crippen LogP contribution in [0.15, 0.2) is 71.7 Å². The molecule has 0 spiro atoms. The molecule has 1 aliphatic carbocycles. The Bertz CT molecular complexity index is 755. The van der Waals surface area contributed by atoms with Crippen LogP contribution in [0.5, 0.6) is 0 Å². The van der Waals surface area contributed by atoms with Crippen LogP contribution in [0.3, 0.4) is 0 Å². The van der Waals surface area contributed by atoms with Crippen LogP contribution in [0.4, 0.5) is 0 Å². The number of hydrogen-bond donors (Lipinski definition) is 0. The monoisotopic (exact) mass is 541 g/mol. The second-order valence-corrected chi connectivity index (χ2v) is 6.92. The Morgan fingerprint density at radius 1 is 1.12 bits per heavy atom. The first kappa shape index (κ1) is 23.5. The molecule has 1 unspecified atom stereocenters. The molecule has 1 heterocycles. The first-order valence-electron chi connectivity index (χ1n) is 7.14. The zero-order valence-electron chi connectivity index (χ0n) is 13.6. The molecule has 122 valence electrons. The maximum Gasteiger partial charge on any atom is 4.00 e. The van der Waals surface area contributed by atoms with Crippen molar-refractivity contribution in [2.24, 2.45) is 0 Å². The van der Waals surface area contributed by atoms with Crippen molar-refractivity contribution in [3.05, 3.63) is 77.8 Å². The molecule has 0 saturated heterocycles. The number of hydrogen-bond acceptors (Lipinski definition) is 1. The number of rotatable bonds is 1. The summed E-state index contributed by atoms with van der Waals surface area (Å²) in [5, 5.41) is 3.99. The molecule has 0 aliphatic heterocycles. The van der Waals surface area contributed by atoms with Crippen molar-refractivity contribution < 1.29 is 50.7 Å². The first-order valence-corrected chi connectivity index (χ1v) is 8.50. The minimum absolute atomic E-state index is 0. The van der Waals surface area contributed by atoms with Crippen molar-refractivity contribution in [3.63, 3.8) is 0 Å². The number of aromatic nitrogens is 1. The van der Waals surface area contributed by atoms with E-state index in [4.69, 9.17) is 0 Å². The second-order valence-electron chi connectivity index (χ2n) is 5.19. The standard InChI is InChI=1S/C12H9NP.C7H9.2ClH.Hf/c1-2-5-11-9-12(8-10(11)4-1)14-7-3-6-13-14;1-6-4-3-5-7(6)2;;;/h1-9H;4H,3H2,1-2H3;2*1H;/q2*-1;;;+4/p-2. The fourth-order valence-electron chi connectivity index (χ4n) is 2.34. The van der Waals surface area contributed by atoms with Gasteiger partial charge in [-0.25, -0.2) is 15.9 Å². The van der Waals surface area contributed by atoms with E-state index in [1.54, 1.807) is 0 Å². The normalized spacial score (nSPS) is 12.7. The van der Waals surface area contributed by atoms with E-state index in [0.717, 1.165) is 6.42 Å². The largest absolute Gasteiger partial charge is 4.00 e. The van der Waals surface area contributed by atoms with Gasteiger partial charge in [-0.2, -0.15) is 12.1 Å². The Morgan fingerprint density at radius 3 is 2.38 bits per heavy atom. The van der Waals surface area contributed by atoms with E-state index < -0.39 is 7.69 Å². The van der Waals surface area contributed by atoms with E-state index in [-0.39, 0.29) is 50.7 Å². The minimum Gasteiger partial charge on any atom is -1.00 e. The molecule has 0 N–H and O–H groups in total. The third-order valence-corrected chi connectivity index (χ3v) is 5.36. The van der Waals surface area contributed by atoms with Gasteiger partial charge in [0.15, 0.2) is 0 Å². The van der Waals surface area contributed by atoms with Crippen LogP contribution in [0, 0.1) is 6.08 Å². The topological polar surface area (TPSA) is 12.9 Å². The van der Waals surface area contributed by atoms with E-state index in [0.29, 0.717) is 0 Å². The van der Waals surface area contributed by atoms with Gasteiger partial charge in [0.1, 0.15) is 0 Å². The van der Waals surface area contributed by atoms with Gasteiger partial charge in [-0.3, -0.25) is 6.08 Å². The predicted molar refractivity (Wildman–Crippen MR) is 92.2 cm³/mol. The molecule has 5 heteroatoms. The quantitative estimate of drug-likeness (QED) is 0.314. The van der Waals surface area contributed by atoms with E-state index in [1.165, 1.54) is 27.2 Å². The van der Waals surface area contributed by atoms with Crippen molar-refractivity contribution in [1.29, 1.82) is 0 Å². The van der Waals surface area contributed by atoms with Crippen molar-refractivity contribution in [1.82, 2.24) is 4.75 Å². The number of allylic oxidation sites excluding steroid dienone is 4. The summed E-state index contributed by atoms with van der Waals surface area (Å²) < 4.78 is 4.43. The zero-order valence-corrected chi connectivity index (χ0v) is 19.6. The summed E-state index contributed by atoms with van der Waals surface area (Å²) in [5.41, 5.74) is 2.71. The minimum atomic E-state index is -0.398. The smallest absolute Gasteiger partial charge is 1.00 e. The van der Waals surface area contributed by atoms with Crippen LogP contribution in [-0.2, 0) is 25.8 Å². The summed E-state index contributed by atoms with van der Waals surface area (Å²) in [5.74, 6) is 2.18. The van der Waals surface area contributed by atoms with Gasteiger partial charge in [0.05, 0.1) is 0 Å². The van der Waals surface area contributed by atoms with Crippen LogP contribution >= 0.6 is 7.69 Å². The Morgan fingerprint density at radius 2 is 1.88 bits per heavy atom. The van der Waals surface area contributed by atoms with Crippen molar-refractivity contribution >= 4 is 18.5 Å². The van der Waals surface area contributed by atoms with Gasteiger partial charge >= 0.3 is 25.8 Å². The summed E-state index contributed by atoms with van der Waals surface area (Å²) in [6.07, 6.45) is 8.30. The molecular formula is C19H18Cl2HfNP. The fraction of sp³-hybridized carbons (Fsp3) is 0.158. The van der Waals surface area contributed by atoms with E-state index in [2.05, 4.69) is 72.9 Å². The first-order chi connectivity index (χ1) is 10.2. The van der Waals surface area contributed by atoms with Gasteiger partial charge in [-0.05, 0) is 19.6 Å². The Labute approximate surface area is 176 Å². The maximum absolute atomic E-state index is 4.43. The SMILES string of the molecule is CC1=[C-]CC=C1C.[Cl-].[Cl-].[Hf+4].c1ccc2[cH-]c(-p3cccn3)cc2c1. The van der Waals surface area contributed by atoms with E-state index >= 15 is 0 Å². The molecular weight excluding hydrogens is 523 g/mol. The molecule has 1 aliphatic rings. The van der Waals surface area contributed by atoms with Gasteiger partial charge in [0, 0.05) is 6.20 Å². The summed E-state index contributed by atoms with van der Waals surface area (Å²) in [4.78, 5) is 0. The van der Waals surface area contributed by atoms with Crippen LogP contribution < -0.4 is 24.8 Å². The molecule has 24 heavy (non-hydrogen) atoms. The number of benzene rings is 1. The molecule has 0 saturated carbocycles. The predicted octanol–water partition coefficient (Wildman–Crippen LogP) is 0.0209. The Hall–Kier alpha value is -0.530. The number of fused-ring (bicyclic) bond motifs is 1. The Balaban J connectivity index is 0.000000463. The van der Waals surface area contributed by atoms with Gasteiger partial charge in [0.2, 0.25) is 0 Å².